The van der Waals surface area contributed by atoms with Gasteiger partial charge >= 0.3 is 6.03 Å². The van der Waals surface area contributed by atoms with E-state index in [1.165, 1.54) is 4.90 Å². The first kappa shape index (κ1) is 15.4. The van der Waals surface area contributed by atoms with Gasteiger partial charge in [0, 0.05) is 6.54 Å². The minimum Gasteiger partial charge on any atom is -0.495 e. The molecule has 0 spiro atoms. The van der Waals surface area contributed by atoms with E-state index in [0.717, 1.165) is 0 Å². The van der Waals surface area contributed by atoms with Crippen LogP contribution >= 0.6 is 0 Å². The Balaban J connectivity index is 2.09. The highest BCUT2D eigenvalue weighted by atomic mass is 16.5. The number of nitriles is 1. The first-order valence-electron chi connectivity index (χ1n) is 6.83. The van der Waals surface area contributed by atoms with E-state index < -0.39 is 0 Å². The van der Waals surface area contributed by atoms with Crippen LogP contribution in [0.5, 0.6) is 5.75 Å². The monoisotopic (exact) mass is 299 g/mol. The minimum absolute atomic E-state index is 0.250. The summed E-state index contributed by atoms with van der Waals surface area (Å²) in [5, 5.41) is 11.5. The summed E-state index contributed by atoms with van der Waals surface area (Å²) >= 11 is 0. The quantitative estimate of drug-likeness (QED) is 0.888. The molecule has 114 valence electrons. The van der Waals surface area contributed by atoms with Crippen molar-refractivity contribution in [3.05, 3.63) is 48.4 Å². The van der Waals surface area contributed by atoms with Gasteiger partial charge in [0.25, 0.3) is 0 Å². The van der Waals surface area contributed by atoms with Crippen molar-refractivity contribution in [1.82, 2.24) is 4.90 Å². The summed E-state index contributed by atoms with van der Waals surface area (Å²) in [5.74, 6) is 1.24. The van der Waals surface area contributed by atoms with E-state index in [4.69, 9.17) is 14.4 Å². The second kappa shape index (κ2) is 7.74. The third-order valence-corrected chi connectivity index (χ3v) is 3.06. The highest BCUT2D eigenvalue weighted by Crippen LogP contribution is 2.23. The lowest BCUT2D eigenvalue weighted by molar-refractivity contribution is 0.205. The van der Waals surface area contributed by atoms with Crippen molar-refractivity contribution in [2.45, 2.75) is 13.0 Å². The molecule has 2 amide bonds. The zero-order chi connectivity index (χ0) is 15.8. The van der Waals surface area contributed by atoms with Crippen LogP contribution < -0.4 is 10.1 Å². The molecular formula is C16H17N3O3. The Morgan fingerprint density at radius 1 is 1.36 bits per heavy atom. The van der Waals surface area contributed by atoms with Gasteiger partial charge in [-0.25, -0.2) is 4.79 Å². The maximum Gasteiger partial charge on any atom is 0.322 e. The number of nitrogens with zero attached hydrogens (tertiary/aromatic N) is 2. The van der Waals surface area contributed by atoms with Crippen molar-refractivity contribution in [3.63, 3.8) is 0 Å². The van der Waals surface area contributed by atoms with Crippen LogP contribution in [0.25, 0.3) is 0 Å². The number of amides is 2. The fraction of sp³-hybridized carbons (Fsp3) is 0.250. The minimum atomic E-state index is -0.309. The molecule has 6 nitrogen and oxygen atoms in total. The van der Waals surface area contributed by atoms with Crippen molar-refractivity contribution >= 4 is 11.7 Å². The number of para-hydroxylation sites is 2. The van der Waals surface area contributed by atoms with Crippen molar-refractivity contribution in [1.29, 1.82) is 5.26 Å². The van der Waals surface area contributed by atoms with Gasteiger partial charge in [0.1, 0.15) is 11.5 Å². The van der Waals surface area contributed by atoms with Gasteiger partial charge < -0.3 is 19.4 Å². The summed E-state index contributed by atoms with van der Waals surface area (Å²) in [6.45, 7) is 0.619. The van der Waals surface area contributed by atoms with E-state index >= 15 is 0 Å². The van der Waals surface area contributed by atoms with Crippen LogP contribution in [0.4, 0.5) is 10.5 Å². The largest absolute Gasteiger partial charge is 0.495 e. The number of hydrogen-bond donors (Lipinski definition) is 1. The lowest BCUT2D eigenvalue weighted by Gasteiger charge is -2.21. The van der Waals surface area contributed by atoms with E-state index in [2.05, 4.69) is 5.32 Å². The lowest BCUT2D eigenvalue weighted by atomic mass is 10.3. The van der Waals surface area contributed by atoms with Crippen LogP contribution in [0.3, 0.4) is 0 Å². The highest BCUT2D eigenvalue weighted by Gasteiger charge is 2.16. The molecular weight excluding hydrogens is 282 g/mol. The third-order valence-electron chi connectivity index (χ3n) is 3.06. The molecule has 0 atom stereocenters. The first-order chi connectivity index (χ1) is 10.7. The number of furan rings is 1. The predicted octanol–water partition coefficient (Wildman–Crippen LogP) is 3.24. The van der Waals surface area contributed by atoms with Crippen LogP contribution in [0.1, 0.15) is 12.2 Å². The van der Waals surface area contributed by atoms with Gasteiger partial charge in [-0.3, -0.25) is 0 Å². The number of rotatable bonds is 6. The van der Waals surface area contributed by atoms with Crippen molar-refractivity contribution in [2.75, 3.05) is 19.0 Å². The van der Waals surface area contributed by atoms with Gasteiger partial charge in [-0.1, -0.05) is 12.1 Å². The second-order valence-corrected chi connectivity index (χ2v) is 4.54. The van der Waals surface area contributed by atoms with E-state index in [1.807, 2.05) is 18.2 Å². The smallest absolute Gasteiger partial charge is 0.322 e. The van der Waals surface area contributed by atoms with Gasteiger partial charge in [0.2, 0.25) is 0 Å². The molecule has 0 saturated heterocycles. The lowest BCUT2D eigenvalue weighted by Crippen LogP contribution is -2.35. The number of urea groups is 1. The summed E-state index contributed by atoms with van der Waals surface area (Å²) in [6, 6.07) is 12.4. The Labute approximate surface area is 128 Å². The maximum absolute atomic E-state index is 12.4. The van der Waals surface area contributed by atoms with Crippen LogP contribution in [-0.4, -0.2) is 24.6 Å². The van der Waals surface area contributed by atoms with Gasteiger partial charge in [-0.05, 0) is 24.3 Å². The molecule has 0 aliphatic carbocycles. The summed E-state index contributed by atoms with van der Waals surface area (Å²) in [6.07, 6.45) is 1.80. The average Bonchev–Trinajstić information content (AvgIpc) is 3.05. The number of nitrogens with one attached hydrogen (secondary N) is 1. The standard InChI is InChI=1S/C16H17N3O3/c1-21-15-8-3-2-7-14(15)18-16(20)19(10-5-9-17)12-13-6-4-11-22-13/h2-4,6-8,11H,5,10,12H2,1H3,(H,18,20). The Morgan fingerprint density at radius 2 is 2.18 bits per heavy atom. The molecule has 2 rings (SSSR count). The van der Waals surface area contributed by atoms with E-state index in [0.29, 0.717) is 30.3 Å². The number of ether oxygens (including phenoxy) is 1. The highest BCUT2D eigenvalue weighted by molar-refractivity contribution is 5.90. The summed E-state index contributed by atoms with van der Waals surface area (Å²) in [5.41, 5.74) is 0.580. The zero-order valence-electron chi connectivity index (χ0n) is 12.3. The Bertz CT molecular complexity index is 647. The normalized spacial score (nSPS) is 9.82. The van der Waals surface area contributed by atoms with Gasteiger partial charge in [-0.2, -0.15) is 5.26 Å². The van der Waals surface area contributed by atoms with Crippen molar-refractivity contribution < 1.29 is 13.9 Å². The average molecular weight is 299 g/mol. The summed E-state index contributed by atoms with van der Waals surface area (Å²) < 4.78 is 10.5. The van der Waals surface area contributed by atoms with Gasteiger partial charge in [0.05, 0.1) is 38.1 Å². The molecule has 0 radical (unpaired) electrons. The molecule has 0 saturated carbocycles. The molecule has 22 heavy (non-hydrogen) atoms. The molecule has 1 N–H and O–H groups in total. The molecule has 0 aliphatic heterocycles. The molecule has 1 heterocycles. The SMILES string of the molecule is COc1ccccc1NC(=O)N(CCC#N)Cc1ccco1. The fourth-order valence-corrected chi connectivity index (χ4v) is 1.97. The van der Waals surface area contributed by atoms with Crippen LogP contribution in [0, 0.1) is 11.3 Å². The summed E-state index contributed by atoms with van der Waals surface area (Å²) in [7, 11) is 1.54. The Kier molecular flexibility index (Phi) is 5.44. The number of carbonyl (C=O) groups is 1. The fourth-order valence-electron chi connectivity index (χ4n) is 1.97. The van der Waals surface area contributed by atoms with Crippen molar-refractivity contribution in [2.24, 2.45) is 0 Å². The number of carbonyl (C=O) groups excluding carboxylic acids is 1. The number of anilines is 1. The molecule has 0 unspecified atom stereocenters. The molecule has 2 aromatic rings. The van der Waals surface area contributed by atoms with E-state index in [-0.39, 0.29) is 12.5 Å². The number of hydrogen-bond acceptors (Lipinski definition) is 4. The van der Waals surface area contributed by atoms with Crippen molar-refractivity contribution in [3.8, 4) is 11.8 Å². The topological polar surface area (TPSA) is 78.5 Å². The number of benzene rings is 1. The van der Waals surface area contributed by atoms with Gasteiger partial charge in [-0.15, -0.1) is 0 Å². The Hall–Kier alpha value is -2.94. The first-order valence-corrected chi connectivity index (χ1v) is 6.83. The molecule has 0 aliphatic rings. The molecule has 1 aromatic carbocycles. The maximum atomic E-state index is 12.4. The van der Waals surface area contributed by atoms with Crippen LogP contribution in [-0.2, 0) is 6.54 Å². The van der Waals surface area contributed by atoms with Crippen LogP contribution in [0.2, 0.25) is 0 Å². The van der Waals surface area contributed by atoms with Gasteiger partial charge in [0.15, 0.2) is 0 Å². The predicted molar refractivity (Wildman–Crippen MR) is 81.4 cm³/mol. The zero-order valence-corrected chi connectivity index (χ0v) is 12.3. The Morgan fingerprint density at radius 3 is 2.86 bits per heavy atom. The molecule has 6 heteroatoms. The second-order valence-electron chi connectivity index (χ2n) is 4.54. The number of methoxy groups -OCH3 is 1. The molecule has 1 aromatic heterocycles. The van der Waals surface area contributed by atoms with Crippen LogP contribution in [0.15, 0.2) is 47.1 Å². The third kappa shape index (κ3) is 4.03. The summed E-state index contributed by atoms with van der Waals surface area (Å²) in [4.78, 5) is 13.9. The van der Waals surface area contributed by atoms with E-state index in [9.17, 15) is 4.79 Å². The molecule has 0 bridgehead atoms. The molecule has 0 fully saturated rings. The van der Waals surface area contributed by atoms with E-state index in [1.54, 1.807) is 37.6 Å².